The minimum atomic E-state index is -3.80. The van der Waals surface area contributed by atoms with Crippen LogP contribution in [0, 0.1) is 6.92 Å². The highest BCUT2D eigenvalue weighted by Crippen LogP contribution is 2.27. The number of benzene rings is 3. The summed E-state index contributed by atoms with van der Waals surface area (Å²) in [6.45, 7) is 1.96. The molecule has 0 aliphatic heterocycles. The molecule has 158 valence electrons. The Balaban J connectivity index is 1.67. The Morgan fingerprint density at radius 2 is 1.61 bits per heavy atom. The van der Waals surface area contributed by atoms with Crippen LogP contribution in [0.4, 0.5) is 5.69 Å². The van der Waals surface area contributed by atoms with Crippen LogP contribution in [-0.2, 0) is 16.6 Å². The number of nitrogens with zero attached hydrogens (tertiary/aromatic N) is 2. The van der Waals surface area contributed by atoms with Crippen molar-refractivity contribution in [3.05, 3.63) is 96.4 Å². The second-order valence-electron chi connectivity index (χ2n) is 7.03. The second kappa shape index (κ2) is 8.65. The zero-order valence-electron chi connectivity index (χ0n) is 17.2. The van der Waals surface area contributed by atoms with E-state index in [1.54, 1.807) is 55.6 Å². The molecule has 0 fully saturated rings. The SMILES string of the molecule is COc1ccc(-c2nc(CN(c3ccccc3)S(=O)(=O)c3ccc(C)cc3)co2)cc1. The van der Waals surface area contributed by atoms with Crippen molar-refractivity contribution in [3.63, 3.8) is 0 Å². The van der Waals surface area contributed by atoms with E-state index in [9.17, 15) is 8.42 Å². The first-order valence-electron chi connectivity index (χ1n) is 9.70. The molecule has 0 atom stereocenters. The Kier molecular flexibility index (Phi) is 5.77. The van der Waals surface area contributed by atoms with Crippen molar-refractivity contribution < 1.29 is 17.6 Å². The number of para-hydroxylation sites is 1. The summed E-state index contributed by atoms with van der Waals surface area (Å²) in [4.78, 5) is 4.73. The molecule has 0 amide bonds. The van der Waals surface area contributed by atoms with Crippen molar-refractivity contribution in [2.75, 3.05) is 11.4 Å². The zero-order chi connectivity index (χ0) is 21.8. The zero-order valence-corrected chi connectivity index (χ0v) is 18.0. The van der Waals surface area contributed by atoms with E-state index >= 15 is 0 Å². The lowest BCUT2D eigenvalue weighted by Crippen LogP contribution is -2.30. The number of anilines is 1. The summed E-state index contributed by atoms with van der Waals surface area (Å²) in [5.41, 5.74) is 2.83. The standard InChI is InChI=1S/C24H22N2O4S/c1-18-8-14-23(15-9-18)31(27,28)26(21-6-4-3-5-7-21)16-20-17-30-24(25-20)19-10-12-22(29-2)13-11-19/h3-15,17H,16H2,1-2H3. The molecule has 0 aliphatic rings. The van der Waals surface area contributed by atoms with Crippen LogP contribution in [-0.4, -0.2) is 20.5 Å². The van der Waals surface area contributed by atoms with Crippen LogP contribution in [0.25, 0.3) is 11.5 Å². The van der Waals surface area contributed by atoms with E-state index in [1.807, 2.05) is 37.3 Å². The van der Waals surface area contributed by atoms with Gasteiger partial charge in [-0.05, 0) is 55.5 Å². The Bertz CT molecular complexity index is 1250. The average Bonchev–Trinajstić information content (AvgIpc) is 3.27. The van der Waals surface area contributed by atoms with E-state index in [2.05, 4.69) is 4.98 Å². The molecule has 0 bridgehead atoms. The van der Waals surface area contributed by atoms with Crippen LogP contribution < -0.4 is 9.04 Å². The Hall–Kier alpha value is -3.58. The van der Waals surface area contributed by atoms with E-state index in [4.69, 9.17) is 9.15 Å². The average molecular weight is 435 g/mol. The fraction of sp³-hybridized carbons (Fsp3) is 0.125. The van der Waals surface area contributed by atoms with Gasteiger partial charge in [0.1, 0.15) is 17.7 Å². The first-order chi connectivity index (χ1) is 15.0. The van der Waals surface area contributed by atoms with Crippen LogP contribution in [0.2, 0.25) is 0 Å². The molecule has 1 aromatic heterocycles. The molecule has 7 heteroatoms. The molecule has 0 saturated heterocycles. The highest BCUT2D eigenvalue weighted by molar-refractivity contribution is 7.92. The third-order valence-electron chi connectivity index (χ3n) is 4.85. The van der Waals surface area contributed by atoms with Gasteiger partial charge in [0, 0.05) is 5.56 Å². The molecule has 0 saturated carbocycles. The molecule has 4 aromatic rings. The third kappa shape index (κ3) is 4.46. The number of rotatable bonds is 7. The molecule has 0 spiro atoms. The van der Waals surface area contributed by atoms with Gasteiger partial charge in [-0.25, -0.2) is 13.4 Å². The van der Waals surface area contributed by atoms with Crippen LogP contribution in [0.5, 0.6) is 5.75 Å². The molecule has 6 nitrogen and oxygen atoms in total. The van der Waals surface area contributed by atoms with Crippen LogP contribution >= 0.6 is 0 Å². The van der Waals surface area contributed by atoms with Gasteiger partial charge in [-0.1, -0.05) is 35.9 Å². The summed E-state index contributed by atoms with van der Waals surface area (Å²) >= 11 is 0. The molecule has 4 rings (SSSR count). The Morgan fingerprint density at radius 1 is 0.935 bits per heavy atom. The molecular weight excluding hydrogens is 412 g/mol. The first-order valence-corrected chi connectivity index (χ1v) is 11.1. The first kappa shape index (κ1) is 20.7. The lowest BCUT2D eigenvalue weighted by Gasteiger charge is -2.23. The van der Waals surface area contributed by atoms with Crippen molar-refractivity contribution in [3.8, 4) is 17.2 Å². The van der Waals surface area contributed by atoms with Gasteiger partial charge in [0.15, 0.2) is 0 Å². The Labute approximate surface area is 181 Å². The number of aromatic nitrogens is 1. The van der Waals surface area contributed by atoms with E-state index < -0.39 is 10.0 Å². The number of methoxy groups -OCH3 is 1. The third-order valence-corrected chi connectivity index (χ3v) is 6.64. The number of hydrogen-bond acceptors (Lipinski definition) is 5. The van der Waals surface area contributed by atoms with Gasteiger partial charge in [0.2, 0.25) is 5.89 Å². The monoisotopic (exact) mass is 434 g/mol. The van der Waals surface area contributed by atoms with Crippen molar-refractivity contribution >= 4 is 15.7 Å². The molecule has 1 heterocycles. The van der Waals surface area contributed by atoms with Gasteiger partial charge >= 0.3 is 0 Å². The molecular formula is C24H22N2O4S. The van der Waals surface area contributed by atoms with Crippen molar-refractivity contribution in [1.82, 2.24) is 4.98 Å². The van der Waals surface area contributed by atoms with Crippen molar-refractivity contribution in [2.45, 2.75) is 18.4 Å². The quantitative estimate of drug-likeness (QED) is 0.407. The summed E-state index contributed by atoms with van der Waals surface area (Å²) in [7, 11) is -2.20. The highest BCUT2D eigenvalue weighted by atomic mass is 32.2. The highest BCUT2D eigenvalue weighted by Gasteiger charge is 2.26. The fourth-order valence-electron chi connectivity index (χ4n) is 3.14. The minimum absolute atomic E-state index is 0.0415. The fourth-order valence-corrected chi connectivity index (χ4v) is 4.58. The van der Waals surface area contributed by atoms with E-state index in [-0.39, 0.29) is 11.4 Å². The van der Waals surface area contributed by atoms with Crippen molar-refractivity contribution in [1.29, 1.82) is 0 Å². The van der Waals surface area contributed by atoms with Gasteiger partial charge in [-0.2, -0.15) is 0 Å². The summed E-state index contributed by atoms with van der Waals surface area (Å²) in [6, 6.07) is 23.1. The van der Waals surface area contributed by atoms with Gasteiger partial charge in [0.25, 0.3) is 10.0 Å². The van der Waals surface area contributed by atoms with Gasteiger partial charge in [0.05, 0.1) is 24.2 Å². The topological polar surface area (TPSA) is 72.6 Å². The smallest absolute Gasteiger partial charge is 0.264 e. The molecule has 31 heavy (non-hydrogen) atoms. The summed E-state index contributed by atoms with van der Waals surface area (Å²) in [5, 5.41) is 0. The number of oxazole rings is 1. The van der Waals surface area contributed by atoms with Gasteiger partial charge in [-0.3, -0.25) is 4.31 Å². The van der Waals surface area contributed by atoms with Gasteiger partial charge < -0.3 is 9.15 Å². The summed E-state index contributed by atoms with van der Waals surface area (Å²) < 4.78 is 39.0. The number of ether oxygens (including phenoxy) is 1. The predicted molar refractivity (Wildman–Crippen MR) is 119 cm³/mol. The lowest BCUT2D eigenvalue weighted by molar-refractivity contribution is 0.415. The molecule has 0 unspecified atom stereocenters. The van der Waals surface area contributed by atoms with Crippen LogP contribution in [0.15, 0.2) is 94.4 Å². The number of hydrogen-bond donors (Lipinski definition) is 0. The molecule has 0 N–H and O–H groups in total. The van der Waals surface area contributed by atoms with Crippen LogP contribution in [0.1, 0.15) is 11.3 Å². The maximum absolute atomic E-state index is 13.4. The summed E-state index contributed by atoms with van der Waals surface area (Å²) in [6.07, 6.45) is 1.49. The lowest BCUT2D eigenvalue weighted by atomic mass is 10.2. The second-order valence-corrected chi connectivity index (χ2v) is 8.90. The van der Waals surface area contributed by atoms with Crippen molar-refractivity contribution in [2.24, 2.45) is 0 Å². The Morgan fingerprint density at radius 3 is 2.26 bits per heavy atom. The van der Waals surface area contributed by atoms with E-state index in [1.165, 1.54) is 10.6 Å². The molecule has 0 radical (unpaired) electrons. The van der Waals surface area contributed by atoms with Gasteiger partial charge in [-0.15, -0.1) is 0 Å². The summed E-state index contributed by atoms with van der Waals surface area (Å²) in [5.74, 6) is 1.15. The van der Waals surface area contributed by atoms with E-state index in [0.29, 0.717) is 17.3 Å². The van der Waals surface area contributed by atoms with E-state index in [0.717, 1.165) is 16.9 Å². The molecule has 3 aromatic carbocycles. The molecule has 0 aliphatic carbocycles. The predicted octanol–water partition coefficient (Wildman–Crippen LogP) is 5.05. The number of sulfonamides is 1. The minimum Gasteiger partial charge on any atom is -0.497 e. The number of aryl methyl sites for hydroxylation is 1. The van der Waals surface area contributed by atoms with Crippen LogP contribution in [0.3, 0.4) is 0 Å². The maximum Gasteiger partial charge on any atom is 0.264 e. The maximum atomic E-state index is 13.4. The normalized spacial score (nSPS) is 11.3. The largest absolute Gasteiger partial charge is 0.497 e.